The minimum atomic E-state index is 0.144. The Bertz CT molecular complexity index is 689. The molecule has 0 radical (unpaired) electrons. The van der Waals surface area contributed by atoms with Gasteiger partial charge in [-0.15, -0.1) is 0 Å². The van der Waals surface area contributed by atoms with Gasteiger partial charge < -0.3 is 19.0 Å². The summed E-state index contributed by atoms with van der Waals surface area (Å²) in [7, 11) is 1.79. The lowest BCUT2D eigenvalue weighted by atomic mass is 10.2. The van der Waals surface area contributed by atoms with Crippen LogP contribution in [-0.2, 0) is 4.74 Å². The fraction of sp³-hybridized carbons (Fsp3) is 0.562. The van der Waals surface area contributed by atoms with Crippen LogP contribution >= 0.6 is 12.2 Å². The molecule has 114 valence electrons. The molecule has 1 fully saturated rings. The van der Waals surface area contributed by atoms with E-state index in [0.717, 1.165) is 40.8 Å². The number of hydrogen-bond acceptors (Lipinski definition) is 3. The van der Waals surface area contributed by atoms with Crippen LogP contribution < -0.4 is 4.74 Å². The van der Waals surface area contributed by atoms with Gasteiger partial charge in [0.25, 0.3) is 0 Å². The van der Waals surface area contributed by atoms with Gasteiger partial charge in [-0.05, 0) is 57.5 Å². The monoisotopic (exact) mass is 306 g/mol. The summed E-state index contributed by atoms with van der Waals surface area (Å²) in [6, 6.07) is 6.53. The Morgan fingerprint density at radius 3 is 2.81 bits per heavy atom. The number of nitrogens with zero attached hydrogens (tertiary/aromatic N) is 1. The van der Waals surface area contributed by atoms with E-state index in [-0.39, 0.29) is 6.10 Å². The molecule has 0 bridgehead atoms. The lowest BCUT2D eigenvalue weighted by Gasteiger charge is -2.14. The van der Waals surface area contributed by atoms with E-state index in [1.54, 1.807) is 7.11 Å². The number of nitrogens with one attached hydrogen (secondary N) is 1. The van der Waals surface area contributed by atoms with E-state index in [4.69, 9.17) is 21.7 Å². The molecular weight excluding hydrogens is 284 g/mol. The van der Waals surface area contributed by atoms with Crippen LogP contribution in [0.3, 0.4) is 0 Å². The van der Waals surface area contributed by atoms with Crippen LogP contribution in [0.15, 0.2) is 18.2 Å². The van der Waals surface area contributed by atoms with Crippen LogP contribution in [0.4, 0.5) is 0 Å². The number of rotatable bonds is 4. The molecule has 2 atom stereocenters. The smallest absolute Gasteiger partial charge is 0.178 e. The summed E-state index contributed by atoms with van der Waals surface area (Å²) in [6.07, 6.45) is 3.71. The number of para-hydroxylation sites is 1. The quantitative estimate of drug-likeness (QED) is 0.859. The van der Waals surface area contributed by atoms with Crippen molar-refractivity contribution in [1.29, 1.82) is 0 Å². The van der Waals surface area contributed by atoms with E-state index in [1.807, 2.05) is 26.0 Å². The van der Waals surface area contributed by atoms with Gasteiger partial charge in [-0.25, -0.2) is 0 Å². The van der Waals surface area contributed by atoms with Crippen molar-refractivity contribution in [2.24, 2.45) is 0 Å². The molecular formula is C16H22N2O2S. The summed E-state index contributed by atoms with van der Waals surface area (Å²) in [5.74, 6) is 0.869. The Labute approximate surface area is 130 Å². The average Bonchev–Trinajstić information content (AvgIpc) is 3.02. The second-order valence-electron chi connectivity index (χ2n) is 5.94. The van der Waals surface area contributed by atoms with Crippen LogP contribution in [0.2, 0.25) is 0 Å². The second kappa shape index (κ2) is 5.81. The Hall–Kier alpha value is -1.33. The summed E-state index contributed by atoms with van der Waals surface area (Å²) >= 11 is 5.55. The number of benzene rings is 1. The van der Waals surface area contributed by atoms with E-state index < -0.39 is 0 Å². The molecule has 2 aromatic rings. The predicted molar refractivity (Wildman–Crippen MR) is 86.6 cm³/mol. The topological polar surface area (TPSA) is 39.2 Å². The van der Waals surface area contributed by atoms with Gasteiger partial charge in [0.2, 0.25) is 0 Å². The van der Waals surface area contributed by atoms with Gasteiger partial charge in [-0.3, -0.25) is 0 Å². The number of ether oxygens (including phenoxy) is 2. The third kappa shape index (κ3) is 2.72. The zero-order valence-electron chi connectivity index (χ0n) is 12.8. The van der Waals surface area contributed by atoms with Crippen molar-refractivity contribution in [3.8, 4) is 5.75 Å². The van der Waals surface area contributed by atoms with Crippen molar-refractivity contribution >= 4 is 23.3 Å². The highest BCUT2D eigenvalue weighted by atomic mass is 32.1. The number of hydrogen-bond donors (Lipinski definition) is 1. The molecule has 5 heteroatoms. The predicted octanol–water partition coefficient (Wildman–Crippen LogP) is 4.23. The Kier molecular flexibility index (Phi) is 4.04. The number of imidazole rings is 1. The molecule has 1 saturated carbocycles. The van der Waals surface area contributed by atoms with Crippen LogP contribution in [0.5, 0.6) is 5.75 Å². The van der Waals surface area contributed by atoms with Crippen molar-refractivity contribution in [3.63, 3.8) is 0 Å². The molecule has 1 aliphatic rings. The molecule has 1 aromatic carbocycles. The van der Waals surface area contributed by atoms with Crippen LogP contribution in [-0.4, -0.2) is 28.9 Å². The second-order valence-corrected chi connectivity index (χ2v) is 6.33. The first-order valence-corrected chi connectivity index (χ1v) is 7.93. The molecule has 0 spiro atoms. The van der Waals surface area contributed by atoms with E-state index in [2.05, 4.69) is 15.6 Å². The normalized spacial score (nSPS) is 22.3. The van der Waals surface area contributed by atoms with Gasteiger partial charge in [0.05, 0.1) is 17.7 Å². The maximum absolute atomic E-state index is 5.89. The van der Waals surface area contributed by atoms with E-state index in [0.29, 0.717) is 12.1 Å². The lowest BCUT2D eigenvalue weighted by Crippen LogP contribution is -2.09. The maximum atomic E-state index is 5.89. The summed E-state index contributed by atoms with van der Waals surface area (Å²) in [5, 5.41) is 0. The number of aromatic nitrogens is 2. The summed E-state index contributed by atoms with van der Waals surface area (Å²) in [5.41, 5.74) is 2.12. The van der Waals surface area contributed by atoms with Crippen molar-refractivity contribution in [2.45, 2.75) is 51.4 Å². The Balaban J connectivity index is 2.04. The third-order valence-electron chi connectivity index (χ3n) is 4.13. The first-order chi connectivity index (χ1) is 10.1. The van der Waals surface area contributed by atoms with Gasteiger partial charge in [-0.1, -0.05) is 6.07 Å². The molecule has 1 aromatic heterocycles. The van der Waals surface area contributed by atoms with Gasteiger partial charge in [0, 0.05) is 13.2 Å². The highest BCUT2D eigenvalue weighted by Gasteiger charge is 2.27. The SMILES string of the molecule is COC1CCC(n2c(=S)[nH]c3c(OC(C)C)cccc32)C1. The van der Waals surface area contributed by atoms with Crippen molar-refractivity contribution in [3.05, 3.63) is 23.0 Å². The Morgan fingerprint density at radius 2 is 2.14 bits per heavy atom. The lowest BCUT2D eigenvalue weighted by molar-refractivity contribution is 0.106. The zero-order chi connectivity index (χ0) is 15.0. The molecule has 0 saturated heterocycles. The molecule has 1 N–H and O–H groups in total. The fourth-order valence-corrected chi connectivity index (χ4v) is 3.55. The number of methoxy groups -OCH3 is 1. The number of aromatic amines is 1. The molecule has 1 aliphatic carbocycles. The maximum Gasteiger partial charge on any atom is 0.178 e. The van der Waals surface area contributed by atoms with Crippen molar-refractivity contribution < 1.29 is 9.47 Å². The molecule has 0 amide bonds. The molecule has 1 heterocycles. The molecule has 21 heavy (non-hydrogen) atoms. The first-order valence-electron chi connectivity index (χ1n) is 7.53. The minimum Gasteiger partial charge on any atom is -0.489 e. The highest BCUT2D eigenvalue weighted by Crippen LogP contribution is 2.36. The third-order valence-corrected chi connectivity index (χ3v) is 4.43. The summed E-state index contributed by atoms with van der Waals surface area (Å²) in [6.45, 7) is 4.06. The van der Waals surface area contributed by atoms with E-state index in [1.165, 1.54) is 0 Å². The zero-order valence-corrected chi connectivity index (χ0v) is 13.6. The van der Waals surface area contributed by atoms with E-state index >= 15 is 0 Å². The molecule has 3 rings (SSSR count). The number of fused-ring (bicyclic) bond motifs is 1. The summed E-state index contributed by atoms with van der Waals surface area (Å²) in [4.78, 5) is 3.32. The Morgan fingerprint density at radius 1 is 1.33 bits per heavy atom. The van der Waals surface area contributed by atoms with Crippen LogP contribution in [0.25, 0.3) is 11.0 Å². The summed E-state index contributed by atoms with van der Waals surface area (Å²) < 4.78 is 14.4. The van der Waals surface area contributed by atoms with E-state index in [9.17, 15) is 0 Å². The van der Waals surface area contributed by atoms with Gasteiger partial charge in [-0.2, -0.15) is 0 Å². The largest absolute Gasteiger partial charge is 0.489 e. The van der Waals surface area contributed by atoms with Gasteiger partial charge >= 0.3 is 0 Å². The standard InChI is InChI=1S/C16H22N2O2S/c1-10(2)20-14-6-4-5-13-15(14)17-16(21)18(13)11-7-8-12(9-11)19-3/h4-6,10-12H,7-9H2,1-3H3,(H,17,21). The highest BCUT2D eigenvalue weighted by molar-refractivity contribution is 7.71. The van der Waals surface area contributed by atoms with Crippen molar-refractivity contribution in [1.82, 2.24) is 9.55 Å². The molecule has 2 unspecified atom stereocenters. The molecule has 4 nitrogen and oxygen atoms in total. The van der Waals surface area contributed by atoms with Crippen LogP contribution in [0, 0.1) is 4.77 Å². The number of H-pyrrole nitrogens is 1. The van der Waals surface area contributed by atoms with Crippen molar-refractivity contribution in [2.75, 3.05) is 7.11 Å². The minimum absolute atomic E-state index is 0.144. The first kappa shape index (κ1) is 14.6. The van der Waals surface area contributed by atoms with Crippen LogP contribution in [0.1, 0.15) is 39.2 Å². The molecule has 0 aliphatic heterocycles. The average molecular weight is 306 g/mol. The van der Waals surface area contributed by atoms with Gasteiger partial charge in [0.1, 0.15) is 11.3 Å². The fourth-order valence-electron chi connectivity index (χ4n) is 3.20. The van der Waals surface area contributed by atoms with Gasteiger partial charge in [0.15, 0.2) is 4.77 Å².